The molecular weight excluding hydrogens is 288 g/mol. The number of rotatable bonds is 4. The molecule has 0 spiro atoms. The Morgan fingerprint density at radius 1 is 1.29 bits per heavy atom. The molecule has 0 fully saturated rings. The average Bonchev–Trinajstić information content (AvgIpc) is 2.43. The number of hydrogen-bond donors (Lipinski definition) is 0. The number of hydrogen-bond acceptors (Lipinski definition) is 3. The molecule has 21 heavy (non-hydrogen) atoms. The molecule has 0 aliphatic carbocycles. The molecule has 0 aliphatic heterocycles. The van der Waals surface area contributed by atoms with Gasteiger partial charge in [0.25, 0.3) is 5.56 Å². The van der Waals surface area contributed by atoms with Crippen molar-refractivity contribution in [3.8, 4) is 11.3 Å². The van der Waals surface area contributed by atoms with Crippen molar-refractivity contribution in [3.05, 3.63) is 51.8 Å². The molecule has 0 unspecified atom stereocenters. The number of aryl methyl sites for hydroxylation is 1. The predicted molar refractivity (Wildman–Crippen MR) is 83.6 cm³/mol. The van der Waals surface area contributed by atoms with E-state index in [4.69, 9.17) is 11.6 Å². The first-order chi connectivity index (χ1) is 9.88. The molecule has 0 saturated heterocycles. The van der Waals surface area contributed by atoms with Gasteiger partial charge in [-0.25, -0.2) is 4.68 Å². The quantitative estimate of drug-likeness (QED) is 0.816. The van der Waals surface area contributed by atoms with Crippen LogP contribution in [0, 0.1) is 0 Å². The minimum absolute atomic E-state index is 0.0895. The van der Waals surface area contributed by atoms with E-state index in [0.29, 0.717) is 17.2 Å². The molecule has 0 saturated carbocycles. The fourth-order valence-corrected chi connectivity index (χ4v) is 2.27. The molecule has 1 heterocycles. The largest absolute Gasteiger partial charge is 0.281 e. The second-order valence-corrected chi connectivity index (χ2v) is 5.71. The van der Waals surface area contributed by atoms with Crippen molar-refractivity contribution in [1.82, 2.24) is 9.78 Å². The second-order valence-electron chi connectivity index (χ2n) is 5.29. The van der Waals surface area contributed by atoms with Gasteiger partial charge in [-0.05, 0) is 29.1 Å². The van der Waals surface area contributed by atoms with E-state index in [1.165, 1.54) is 10.2 Å². The van der Waals surface area contributed by atoms with Crippen LogP contribution in [0.25, 0.3) is 11.3 Å². The maximum Gasteiger partial charge on any atom is 0.270 e. The molecule has 1 aromatic heterocycles. The fourth-order valence-electron chi connectivity index (χ4n) is 2.13. The Hall–Kier alpha value is -1.94. The molecule has 0 aliphatic rings. The van der Waals surface area contributed by atoms with Gasteiger partial charge in [-0.1, -0.05) is 38.1 Å². The van der Waals surface area contributed by atoms with Crippen LogP contribution in [0.1, 0.15) is 30.9 Å². The lowest BCUT2D eigenvalue weighted by molar-refractivity contribution is -0.111. The van der Waals surface area contributed by atoms with Crippen molar-refractivity contribution in [1.29, 1.82) is 0 Å². The highest BCUT2D eigenvalue weighted by Gasteiger charge is 2.11. The van der Waals surface area contributed by atoms with E-state index in [-0.39, 0.29) is 12.0 Å². The molecule has 4 nitrogen and oxygen atoms in total. The molecule has 0 N–H and O–H groups in total. The number of halogens is 1. The SMILES string of the molecule is CC(C)c1ccc(-c2cc(CC(=O)Cl)c(=O)n(C)n2)cc1. The maximum absolute atomic E-state index is 11.9. The van der Waals surface area contributed by atoms with Gasteiger partial charge in [-0.3, -0.25) is 9.59 Å². The number of nitrogens with zero attached hydrogens (tertiary/aromatic N) is 2. The summed E-state index contributed by atoms with van der Waals surface area (Å²) in [5.74, 6) is 0.455. The summed E-state index contributed by atoms with van der Waals surface area (Å²) in [6.07, 6.45) is -0.0895. The van der Waals surface area contributed by atoms with Crippen LogP contribution in [0.4, 0.5) is 0 Å². The molecule has 2 aromatic rings. The zero-order valence-electron chi connectivity index (χ0n) is 12.3. The molecule has 110 valence electrons. The molecular formula is C16H17ClN2O2. The van der Waals surface area contributed by atoms with Crippen molar-refractivity contribution in [2.45, 2.75) is 26.2 Å². The number of carbonyl (C=O) groups is 1. The number of benzene rings is 1. The molecule has 0 atom stereocenters. The second kappa shape index (κ2) is 6.22. The molecule has 0 radical (unpaired) electrons. The lowest BCUT2D eigenvalue weighted by Gasteiger charge is -2.09. The van der Waals surface area contributed by atoms with Gasteiger partial charge in [0.1, 0.15) is 0 Å². The van der Waals surface area contributed by atoms with Crippen LogP contribution in [-0.2, 0) is 18.3 Å². The molecule has 5 heteroatoms. The average molecular weight is 305 g/mol. The standard InChI is InChI=1S/C16H17ClN2O2/c1-10(2)11-4-6-12(7-5-11)14-8-13(9-15(17)20)16(21)19(3)18-14/h4-8,10H,9H2,1-3H3. The van der Waals surface area contributed by atoms with Crippen molar-refractivity contribution in [2.75, 3.05) is 0 Å². The van der Waals surface area contributed by atoms with Gasteiger partial charge < -0.3 is 0 Å². The number of carbonyl (C=O) groups excluding carboxylic acids is 1. The van der Waals surface area contributed by atoms with Gasteiger partial charge in [0.2, 0.25) is 5.24 Å². The fraction of sp³-hybridized carbons (Fsp3) is 0.312. The van der Waals surface area contributed by atoms with E-state index >= 15 is 0 Å². The van der Waals surface area contributed by atoms with Crippen molar-refractivity contribution < 1.29 is 4.79 Å². The van der Waals surface area contributed by atoms with Crippen LogP contribution in [0.3, 0.4) is 0 Å². The summed E-state index contributed by atoms with van der Waals surface area (Å²) in [5, 5.41) is 3.68. The van der Waals surface area contributed by atoms with Gasteiger partial charge in [-0.15, -0.1) is 0 Å². The third-order valence-electron chi connectivity index (χ3n) is 3.34. The van der Waals surface area contributed by atoms with Gasteiger partial charge in [-0.2, -0.15) is 5.10 Å². The first-order valence-electron chi connectivity index (χ1n) is 6.74. The maximum atomic E-state index is 11.9. The summed E-state index contributed by atoms with van der Waals surface area (Å²) in [5.41, 5.74) is 2.85. The Labute approximate surface area is 128 Å². The highest BCUT2D eigenvalue weighted by atomic mass is 35.5. The third-order valence-corrected chi connectivity index (χ3v) is 3.47. The zero-order chi connectivity index (χ0) is 15.6. The predicted octanol–water partition coefficient (Wildman–Crippen LogP) is 2.88. The van der Waals surface area contributed by atoms with E-state index in [0.717, 1.165) is 5.56 Å². The molecule has 1 aromatic carbocycles. The minimum Gasteiger partial charge on any atom is -0.281 e. The van der Waals surface area contributed by atoms with Crippen molar-refractivity contribution >= 4 is 16.8 Å². The van der Waals surface area contributed by atoms with Crippen molar-refractivity contribution in [3.63, 3.8) is 0 Å². The van der Waals surface area contributed by atoms with Gasteiger partial charge in [0.05, 0.1) is 12.1 Å². The molecule has 0 bridgehead atoms. The number of aromatic nitrogens is 2. The zero-order valence-corrected chi connectivity index (χ0v) is 13.0. The summed E-state index contributed by atoms with van der Waals surface area (Å²) in [6.45, 7) is 4.26. The Morgan fingerprint density at radius 2 is 1.90 bits per heavy atom. The van der Waals surface area contributed by atoms with E-state index in [1.54, 1.807) is 13.1 Å². The highest BCUT2D eigenvalue weighted by Crippen LogP contribution is 2.21. The summed E-state index contributed by atoms with van der Waals surface area (Å²) >= 11 is 5.38. The van der Waals surface area contributed by atoms with Gasteiger partial charge in [0, 0.05) is 18.2 Å². The lowest BCUT2D eigenvalue weighted by Crippen LogP contribution is -2.24. The van der Waals surface area contributed by atoms with E-state index < -0.39 is 5.24 Å². The first-order valence-corrected chi connectivity index (χ1v) is 7.12. The van der Waals surface area contributed by atoms with E-state index in [2.05, 4.69) is 18.9 Å². The van der Waals surface area contributed by atoms with Crippen LogP contribution in [-0.4, -0.2) is 15.0 Å². The van der Waals surface area contributed by atoms with Gasteiger partial charge >= 0.3 is 0 Å². The molecule has 2 rings (SSSR count). The smallest absolute Gasteiger partial charge is 0.270 e. The van der Waals surface area contributed by atoms with Crippen LogP contribution in [0.15, 0.2) is 35.1 Å². The topological polar surface area (TPSA) is 52.0 Å². The summed E-state index contributed by atoms with van der Waals surface area (Å²) < 4.78 is 1.24. The monoisotopic (exact) mass is 304 g/mol. The summed E-state index contributed by atoms with van der Waals surface area (Å²) in [4.78, 5) is 23.0. The van der Waals surface area contributed by atoms with Crippen LogP contribution in [0.5, 0.6) is 0 Å². The highest BCUT2D eigenvalue weighted by molar-refractivity contribution is 6.63. The summed E-state index contributed by atoms with van der Waals surface area (Å²) in [7, 11) is 1.57. The van der Waals surface area contributed by atoms with Crippen molar-refractivity contribution in [2.24, 2.45) is 7.05 Å². The van der Waals surface area contributed by atoms with E-state index in [9.17, 15) is 9.59 Å². The summed E-state index contributed by atoms with van der Waals surface area (Å²) in [6, 6.07) is 9.65. The van der Waals surface area contributed by atoms with Crippen LogP contribution >= 0.6 is 11.6 Å². The Kier molecular flexibility index (Phi) is 4.58. The minimum atomic E-state index is -0.556. The Bertz CT molecular complexity index is 718. The van der Waals surface area contributed by atoms with Gasteiger partial charge in [0.15, 0.2) is 0 Å². The normalized spacial score (nSPS) is 10.9. The molecule has 0 amide bonds. The van der Waals surface area contributed by atoms with Crippen LogP contribution in [0.2, 0.25) is 0 Å². The van der Waals surface area contributed by atoms with E-state index in [1.807, 2.05) is 24.3 Å². The first kappa shape index (κ1) is 15.4. The third kappa shape index (κ3) is 3.58. The Morgan fingerprint density at radius 3 is 2.43 bits per heavy atom. The lowest BCUT2D eigenvalue weighted by atomic mass is 10.0. The Balaban J connectivity index is 2.46. The van der Waals surface area contributed by atoms with Crippen LogP contribution < -0.4 is 5.56 Å².